The van der Waals surface area contributed by atoms with E-state index in [1.165, 1.54) is 5.56 Å². The van der Waals surface area contributed by atoms with Crippen LogP contribution in [0.2, 0.25) is 5.02 Å². The zero-order chi connectivity index (χ0) is 7.40. The third kappa shape index (κ3) is 2.28. The molecule has 2 heteroatoms. The molecule has 1 aromatic rings. The second-order valence-electron chi connectivity index (χ2n) is 2.17. The fourth-order valence-electron chi connectivity index (χ4n) is 0.859. The summed E-state index contributed by atoms with van der Waals surface area (Å²) in [5, 5.41) is 0.830. The third-order valence-corrected chi connectivity index (χ3v) is 1.85. The quantitative estimate of drug-likeness (QED) is 0.602. The summed E-state index contributed by atoms with van der Waals surface area (Å²) in [5.74, 6) is 0. The molecular weight excluding hydrogens is 163 g/mol. The first-order chi connectivity index (χ1) is 4.83. The summed E-state index contributed by atoms with van der Waals surface area (Å²) < 4.78 is 0. The maximum absolute atomic E-state index is 5.77. The molecular formula is C8H10ClP. The van der Waals surface area contributed by atoms with E-state index in [0.29, 0.717) is 0 Å². The second-order valence-corrected chi connectivity index (χ2v) is 3.18. The molecule has 0 saturated carbocycles. The molecule has 1 rings (SSSR count). The van der Waals surface area contributed by atoms with Crippen molar-refractivity contribution in [2.75, 3.05) is 6.16 Å². The molecule has 0 fully saturated rings. The van der Waals surface area contributed by atoms with E-state index in [0.717, 1.165) is 17.6 Å². The van der Waals surface area contributed by atoms with Gasteiger partial charge < -0.3 is 0 Å². The fraction of sp³-hybridized carbons (Fsp3) is 0.250. The average Bonchev–Trinajstić information content (AvgIpc) is 1.88. The van der Waals surface area contributed by atoms with Crippen molar-refractivity contribution in [3.05, 3.63) is 34.9 Å². The molecule has 0 nitrogen and oxygen atoms in total. The van der Waals surface area contributed by atoms with Gasteiger partial charge in [-0.1, -0.05) is 23.7 Å². The highest BCUT2D eigenvalue weighted by molar-refractivity contribution is 7.16. The van der Waals surface area contributed by atoms with Crippen molar-refractivity contribution < 1.29 is 0 Å². The lowest BCUT2D eigenvalue weighted by atomic mass is 10.2. The second kappa shape index (κ2) is 3.95. The minimum atomic E-state index is 0.830. The van der Waals surface area contributed by atoms with Gasteiger partial charge in [0.1, 0.15) is 0 Å². The Bertz CT molecular complexity index is 210. The van der Waals surface area contributed by atoms with Gasteiger partial charge in [0.2, 0.25) is 0 Å². The SMILES string of the molecule is PCCc1cccc(Cl)c1. The van der Waals surface area contributed by atoms with Crippen molar-refractivity contribution in [3.63, 3.8) is 0 Å². The van der Waals surface area contributed by atoms with Crippen molar-refractivity contribution >= 4 is 20.8 Å². The first kappa shape index (κ1) is 8.04. The molecule has 0 aliphatic carbocycles. The summed E-state index contributed by atoms with van der Waals surface area (Å²) in [6.07, 6.45) is 2.19. The van der Waals surface area contributed by atoms with Gasteiger partial charge in [0, 0.05) is 5.02 Å². The van der Waals surface area contributed by atoms with E-state index in [1.54, 1.807) is 0 Å². The first-order valence-electron chi connectivity index (χ1n) is 3.27. The Kier molecular flexibility index (Phi) is 3.18. The molecule has 0 saturated heterocycles. The summed E-state index contributed by atoms with van der Waals surface area (Å²) in [5.41, 5.74) is 1.31. The van der Waals surface area contributed by atoms with E-state index < -0.39 is 0 Å². The Morgan fingerprint density at radius 3 is 2.80 bits per heavy atom. The fourth-order valence-corrected chi connectivity index (χ4v) is 1.41. The predicted molar refractivity (Wildman–Crippen MR) is 49.7 cm³/mol. The number of rotatable bonds is 2. The van der Waals surface area contributed by atoms with Crippen LogP contribution in [0.5, 0.6) is 0 Å². The van der Waals surface area contributed by atoms with Gasteiger partial charge in [0.05, 0.1) is 0 Å². The molecule has 0 radical (unpaired) electrons. The Morgan fingerprint density at radius 2 is 2.20 bits per heavy atom. The van der Waals surface area contributed by atoms with Crippen LogP contribution < -0.4 is 0 Å². The van der Waals surface area contributed by atoms with E-state index >= 15 is 0 Å². The highest BCUT2D eigenvalue weighted by Gasteiger charge is 1.90. The van der Waals surface area contributed by atoms with Gasteiger partial charge in [-0.15, -0.1) is 9.24 Å². The van der Waals surface area contributed by atoms with Crippen LogP contribution in [0.1, 0.15) is 5.56 Å². The van der Waals surface area contributed by atoms with Crippen LogP contribution >= 0.6 is 20.8 Å². The predicted octanol–water partition coefficient (Wildman–Crippen LogP) is 2.76. The highest BCUT2D eigenvalue weighted by atomic mass is 35.5. The van der Waals surface area contributed by atoms with Crippen LogP contribution in [0.3, 0.4) is 0 Å². The molecule has 0 aliphatic heterocycles. The van der Waals surface area contributed by atoms with Gasteiger partial charge in [0.15, 0.2) is 0 Å². The maximum atomic E-state index is 5.77. The van der Waals surface area contributed by atoms with E-state index in [2.05, 4.69) is 15.3 Å². The van der Waals surface area contributed by atoms with Crippen LogP contribution in [-0.2, 0) is 6.42 Å². The summed E-state index contributed by atoms with van der Waals surface area (Å²) in [7, 11) is 2.70. The van der Waals surface area contributed by atoms with Gasteiger partial charge in [-0.3, -0.25) is 0 Å². The molecule has 0 aromatic heterocycles. The Balaban J connectivity index is 2.75. The zero-order valence-corrected chi connectivity index (χ0v) is 7.59. The molecule has 0 bridgehead atoms. The number of hydrogen-bond acceptors (Lipinski definition) is 0. The number of aryl methyl sites for hydroxylation is 1. The first-order valence-corrected chi connectivity index (χ1v) is 4.47. The average molecular weight is 173 g/mol. The van der Waals surface area contributed by atoms with Gasteiger partial charge in [-0.2, -0.15) is 0 Å². The monoisotopic (exact) mass is 172 g/mol. The third-order valence-electron chi connectivity index (χ3n) is 1.32. The molecule has 1 atom stereocenters. The minimum absolute atomic E-state index is 0.830. The van der Waals surface area contributed by atoms with Gasteiger partial charge in [-0.25, -0.2) is 0 Å². The summed E-state index contributed by atoms with van der Waals surface area (Å²) in [6.45, 7) is 0. The smallest absolute Gasteiger partial charge is 0.0408 e. The largest absolute Gasteiger partial charge is 0.137 e. The Labute approximate surface area is 68.8 Å². The lowest BCUT2D eigenvalue weighted by Gasteiger charge is -1.96. The van der Waals surface area contributed by atoms with Crippen molar-refractivity contribution in [1.82, 2.24) is 0 Å². The van der Waals surface area contributed by atoms with E-state index in [4.69, 9.17) is 11.6 Å². The molecule has 0 spiro atoms. The van der Waals surface area contributed by atoms with Crippen molar-refractivity contribution in [3.8, 4) is 0 Å². The molecule has 0 N–H and O–H groups in total. The van der Waals surface area contributed by atoms with Gasteiger partial charge >= 0.3 is 0 Å². The van der Waals surface area contributed by atoms with Gasteiger partial charge in [0.25, 0.3) is 0 Å². The van der Waals surface area contributed by atoms with Crippen molar-refractivity contribution in [2.24, 2.45) is 0 Å². The van der Waals surface area contributed by atoms with Crippen LogP contribution in [0.15, 0.2) is 24.3 Å². The molecule has 1 unspecified atom stereocenters. The van der Waals surface area contributed by atoms with Crippen LogP contribution in [0.4, 0.5) is 0 Å². The van der Waals surface area contributed by atoms with E-state index in [-0.39, 0.29) is 0 Å². The van der Waals surface area contributed by atoms with Crippen LogP contribution in [0.25, 0.3) is 0 Å². The van der Waals surface area contributed by atoms with E-state index in [9.17, 15) is 0 Å². The van der Waals surface area contributed by atoms with Crippen LogP contribution in [-0.4, -0.2) is 6.16 Å². The summed E-state index contributed by atoms with van der Waals surface area (Å²) in [6, 6.07) is 7.98. The maximum Gasteiger partial charge on any atom is 0.0408 e. The number of benzene rings is 1. The summed E-state index contributed by atoms with van der Waals surface area (Å²) >= 11 is 5.77. The van der Waals surface area contributed by atoms with Crippen molar-refractivity contribution in [2.45, 2.75) is 6.42 Å². The molecule has 0 aliphatic rings. The zero-order valence-electron chi connectivity index (χ0n) is 5.68. The highest BCUT2D eigenvalue weighted by Crippen LogP contribution is 2.11. The number of hydrogen-bond donors (Lipinski definition) is 0. The minimum Gasteiger partial charge on any atom is -0.137 e. The topological polar surface area (TPSA) is 0 Å². The lowest BCUT2D eigenvalue weighted by Crippen LogP contribution is -1.83. The Morgan fingerprint density at radius 1 is 1.40 bits per heavy atom. The standard InChI is InChI=1S/C8H10ClP/c9-8-3-1-2-7(6-8)4-5-10/h1-3,6H,4-5,10H2. The Hall–Kier alpha value is -0.0600. The lowest BCUT2D eigenvalue weighted by molar-refractivity contribution is 1.16. The normalized spacial score (nSPS) is 9.80. The summed E-state index contributed by atoms with van der Waals surface area (Å²) in [4.78, 5) is 0. The van der Waals surface area contributed by atoms with Crippen molar-refractivity contribution in [1.29, 1.82) is 0 Å². The van der Waals surface area contributed by atoms with Gasteiger partial charge in [-0.05, 0) is 30.3 Å². The number of halogens is 1. The molecule has 0 amide bonds. The van der Waals surface area contributed by atoms with Crippen LogP contribution in [0, 0.1) is 0 Å². The molecule has 54 valence electrons. The molecule has 1 aromatic carbocycles. The molecule has 0 heterocycles. The van der Waals surface area contributed by atoms with E-state index in [1.807, 2.05) is 18.2 Å². The molecule has 10 heavy (non-hydrogen) atoms.